The first kappa shape index (κ1) is 11.6. The van der Waals surface area contributed by atoms with Crippen molar-refractivity contribution in [2.75, 3.05) is 13.7 Å². The van der Waals surface area contributed by atoms with E-state index in [1.165, 1.54) is 7.11 Å². The monoisotopic (exact) mass is 206 g/mol. The van der Waals surface area contributed by atoms with E-state index in [9.17, 15) is 9.59 Å². The fourth-order valence-corrected chi connectivity index (χ4v) is 1.23. The largest absolute Gasteiger partial charge is 0.377 e. The van der Waals surface area contributed by atoms with Crippen LogP contribution in [-0.2, 0) is 9.53 Å². The van der Waals surface area contributed by atoms with Crippen LogP contribution in [0.5, 0.6) is 0 Å². The van der Waals surface area contributed by atoms with Gasteiger partial charge in [0.25, 0.3) is 0 Å². The quantitative estimate of drug-likeness (QED) is 0.545. The van der Waals surface area contributed by atoms with Crippen LogP contribution in [0.1, 0.15) is 22.3 Å². The van der Waals surface area contributed by atoms with Crippen LogP contribution in [0.3, 0.4) is 0 Å². The fraction of sp³-hybridized carbons (Fsp3) is 0.333. The Bertz CT molecular complexity index is 352. The van der Waals surface area contributed by atoms with E-state index < -0.39 is 0 Å². The minimum absolute atomic E-state index is 0.00238. The fourth-order valence-electron chi connectivity index (χ4n) is 1.23. The van der Waals surface area contributed by atoms with Crippen molar-refractivity contribution in [1.29, 1.82) is 0 Å². The summed E-state index contributed by atoms with van der Waals surface area (Å²) in [5, 5.41) is 0. The Morgan fingerprint density at radius 1 is 1.20 bits per heavy atom. The molecule has 15 heavy (non-hydrogen) atoms. The molecule has 1 aromatic rings. The summed E-state index contributed by atoms with van der Waals surface area (Å²) in [4.78, 5) is 22.7. The first-order chi connectivity index (χ1) is 7.13. The summed E-state index contributed by atoms with van der Waals surface area (Å²) in [6.45, 7) is 1.95. The van der Waals surface area contributed by atoms with E-state index in [-0.39, 0.29) is 24.6 Å². The van der Waals surface area contributed by atoms with Gasteiger partial charge in [-0.3, -0.25) is 9.59 Å². The molecule has 0 radical (unpaired) electrons. The van der Waals surface area contributed by atoms with Crippen LogP contribution in [-0.4, -0.2) is 25.3 Å². The molecular formula is C12H14O3. The molecule has 0 bridgehead atoms. The molecule has 1 aromatic carbocycles. The maximum atomic E-state index is 11.6. The topological polar surface area (TPSA) is 43.4 Å². The van der Waals surface area contributed by atoms with Gasteiger partial charge in [0.05, 0.1) is 6.42 Å². The van der Waals surface area contributed by atoms with Crippen molar-refractivity contribution in [3.8, 4) is 0 Å². The lowest BCUT2D eigenvalue weighted by molar-refractivity contribution is -0.121. The number of ether oxygens (including phenoxy) is 1. The Morgan fingerprint density at radius 2 is 1.80 bits per heavy atom. The lowest BCUT2D eigenvalue weighted by Gasteiger charge is -2.00. The highest BCUT2D eigenvalue weighted by molar-refractivity contribution is 6.08. The Morgan fingerprint density at radius 3 is 2.33 bits per heavy atom. The molecule has 0 aromatic heterocycles. The van der Waals surface area contributed by atoms with E-state index >= 15 is 0 Å². The predicted molar refractivity (Wildman–Crippen MR) is 57.0 cm³/mol. The lowest BCUT2D eigenvalue weighted by atomic mass is 10.0. The first-order valence-corrected chi connectivity index (χ1v) is 4.74. The van der Waals surface area contributed by atoms with Crippen molar-refractivity contribution < 1.29 is 14.3 Å². The van der Waals surface area contributed by atoms with E-state index in [1.54, 1.807) is 12.1 Å². The normalized spacial score (nSPS) is 10.0. The molecule has 0 atom stereocenters. The highest BCUT2D eigenvalue weighted by Gasteiger charge is 2.10. The molecule has 0 aliphatic heterocycles. The van der Waals surface area contributed by atoms with Gasteiger partial charge in [-0.2, -0.15) is 0 Å². The summed E-state index contributed by atoms with van der Waals surface area (Å²) >= 11 is 0. The van der Waals surface area contributed by atoms with Crippen molar-refractivity contribution >= 4 is 11.6 Å². The number of carbonyl (C=O) groups excluding carboxylic acids is 2. The highest BCUT2D eigenvalue weighted by atomic mass is 16.5. The standard InChI is InChI=1S/C12H14O3/c1-9-3-5-10(6-4-9)12(14)7-11(13)8-15-2/h3-6H,7-8H2,1-2H3. The number of carbonyl (C=O) groups is 2. The van der Waals surface area contributed by atoms with Crippen LogP contribution in [0.15, 0.2) is 24.3 Å². The van der Waals surface area contributed by atoms with Crippen LogP contribution in [0.2, 0.25) is 0 Å². The molecule has 0 saturated carbocycles. The van der Waals surface area contributed by atoms with Crippen LogP contribution in [0, 0.1) is 6.92 Å². The van der Waals surface area contributed by atoms with Gasteiger partial charge >= 0.3 is 0 Å². The van der Waals surface area contributed by atoms with Crippen molar-refractivity contribution in [3.05, 3.63) is 35.4 Å². The molecule has 3 nitrogen and oxygen atoms in total. The van der Waals surface area contributed by atoms with Gasteiger partial charge in [0, 0.05) is 12.7 Å². The van der Waals surface area contributed by atoms with Gasteiger partial charge in [-0.25, -0.2) is 0 Å². The molecule has 0 spiro atoms. The van der Waals surface area contributed by atoms with Crippen LogP contribution in [0.25, 0.3) is 0 Å². The zero-order valence-corrected chi connectivity index (χ0v) is 8.95. The Hall–Kier alpha value is -1.48. The number of ketones is 2. The molecule has 0 heterocycles. The SMILES string of the molecule is COCC(=O)CC(=O)c1ccc(C)cc1. The molecule has 0 fully saturated rings. The van der Waals surface area contributed by atoms with Crippen LogP contribution >= 0.6 is 0 Å². The minimum Gasteiger partial charge on any atom is -0.377 e. The zero-order chi connectivity index (χ0) is 11.3. The number of rotatable bonds is 5. The van der Waals surface area contributed by atoms with Crippen molar-refractivity contribution in [2.45, 2.75) is 13.3 Å². The molecule has 0 unspecified atom stereocenters. The van der Waals surface area contributed by atoms with E-state index in [0.717, 1.165) is 5.56 Å². The number of methoxy groups -OCH3 is 1. The maximum absolute atomic E-state index is 11.6. The second kappa shape index (κ2) is 5.41. The average Bonchev–Trinajstić information content (AvgIpc) is 2.18. The second-order valence-corrected chi connectivity index (χ2v) is 3.44. The molecule has 80 valence electrons. The van der Waals surface area contributed by atoms with Gasteiger partial charge in [-0.05, 0) is 6.92 Å². The Labute approximate surface area is 89.1 Å². The third-order valence-electron chi connectivity index (χ3n) is 2.04. The summed E-state index contributed by atoms with van der Waals surface area (Å²) in [6.07, 6.45) is -0.0864. The molecule has 3 heteroatoms. The zero-order valence-electron chi connectivity index (χ0n) is 8.95. The molecule has 0 N–H and O–H groups in total. The average molecular weight is 206 g/mol. The summed E-state index contributed by atoms with van der Waals surface area (Å²) < 4.78 is 4.66. The van der Waals surface area contributed by atoms with Crippen molar-refractivity contribution in [2.24, 2.45) is 0 Å². The van der Waals surface area contributed by atoms with Crippen LogP contribution in [0.4, 0.5) is 0 Å². The molecule has 1 rings (SSSR count). The first-order valence-electron chi connectivity index (χ1n) is 4.74. The third-order valence-corrected chi connectivity index (χ3v) is 2.04. The second-order valence-electron chi connectivity index (χ2n) is 3.44. The number of Topliss-reactive ketones (excluding diaryl/α,β-unsaturated/α-hetero) is 2. The van der Waals surface area contributed by atoms with Crippen molar-refractivity contribution in [3.63, 3.8) is 0 Å². The predicted octanol–water partition coefficient (Wildman–Crippen LogP) is 1.78. The van der Waals surface area contributed by atoms with Gasteiger partial charge in [-0.15, -0.1) is 0 Å². The molecule has 0 amide bonds. The lowest BCUT2D eigenvalue weighted by Crippen LogP contribution is -2.12. The van der Waals surface area contributed by atoms with Gasteiger partial charge in [0.2, 0.25) is 0 Å². The summed E-state index contributed by atoms with van der Waals surface area (Å²) in [5.74, 6) is -0.347. The van der Waals surface area contributed by atoms with Gasteiger partial charge in [0.1, 0.15) is 6.61 Å². The van der Waals surface area contributed by atoms with E-state index in [2.05, 4.69) is 4.74 Å². The highest BCUT2D eigenvalue weighted by Crippen LogP contribution is 2.06. The molecule has 0 aliphatic rings. The number of benzene rings is 1. The van der Waals surface area contributed by atoms with E-state index in [1.807, 2.05) is 19.1 Å². The van der Waals surface area contributed by atoms with E-state index in [0.29, 0.717) is 5.56 Å². The van der Waals surface area contributed by atoms with Gasteiger partial charge in [0.15, 0.2) is 11.6 Å². The molecule has 0 saturated heterocycles. The number of hydrogen-bond acceptors (Lipinski definition) is 3. The van der Waals surface area contributed by atoms with Crippen LogP contribution < -0.4 is 0 Å². The van der Waals surface area contributed by atoms with Gasteiger partial charge in [-0.1, -0.05) is 29.8 Å². The van der Waals surface area contributed by atoms with Crippen molar-refractivity contribution in [1.82, 2.24) is 0 Å². The summed E-state index contributed by atoms with van der Waals surface area (Å²) in [6, 6.07) is 7.18. The Balaban J connectivity index is 2.61. The van der Waals surface area contributed by atoms with E-state index in [4.69, 9.17) is 0 Å². The molecule has 0 aliphatic carbocycles. The Kier molecular flexibility index (Phi) is 4.18. The molecular weight excluding hydrogens is 192 g/mol. The number of hydrogen-bond donors (Lipinski definition) is 0. The smallest absolute Gasteiger partial charge is 0.170 e. The van der Waals surface area contributed by atoms with Gasteiger partial charge < -0.3 is 4.74 Å². The summed E-state index contributed by atoms with van der Waals surface area (Å²) in [7, 11) is 1.44. The minimum atomic E-state index is -0.192. The third kappa shape index (κ3) is 3.64. The summed E-state index contributed by atoms with van der Waals surface area (Å²) in [5.41, 5.74) is 1.67. The maximum Gasteiger partial charge on any atom is 0.170 e. The number of aryl methyl sites for hydroxylation is 1.